The van der Waals surface area contributed by atoms with E-state index in [9.17, 15) is 14.7 Å². The van der Waals surface area contributed by atoms with E-state index >= 15 is 0 Å². The normalized spacial score (nSPS) is 29.8. The molecule has 2 heterocycles. The van der Waals surface area contributed by atoms with Gasteiger partial charge in [0, 0.05) is 23.0 Å². The lowest BCUT2D eigenvalue weighted by Gasteiger charge is -2.37. The molecule has 3 aliphatic rings. The molecule has 1 N–H and O–H groups in total. The number of rotatable bonds is 4. The molecule has 6 heteroatoms. The number of carboxylic acids is 1. The van der Waals surface area contributed by atoms with Gasteiger partial charge >= 0.3 is 5.97 Å². The number of piperidine rings is 1. The van der Waals surface area contributed by atoms with Gasteiger partial charge in [0.25, 0.3) is 5.91 Å². The predicted molar refractivity (Wildman–Crippen MR) is 124 cm³/mol. The van der Waals surface area contributed by atoms with Crippen LogP contribution in [0.25, 0.3) is 10.8 Å². The standard InChI is InChI=1S/C26H30ClNO4/c1-15-2-8-21(9-3-15)32-23-11-5-16-12-17(4-10-22(16)24(23)27)25(29)28-19-6-7-20(28)14-18(13-19)26(30)31/h4-5,10-12,15,18-21H,2-3,6-9,13-14H2,1H3,(H,30,31). The number of hydrogen-bond acceptors (Lipinski definition) is 3. The Labute approximate surface area is 193 Å². The Balaban J connectivity index is 1.35. The van der Waals surface area contributed by atoms with E-state index in [-0.39, 0.29) is 30.0 Å². The van der Waals surface area contributed by atoms with E-state index in [1.165, 1.54) is 12.8 Å². The fourth-order valence-corrected chi connectivity index (χ4v) is 6.16. The first-order valence-corrected chi connectivity index (χ1v) is 12.2. The van der Waals surface area contributed by atoms with Crippen LogP contribution in [-0.2, 0) is 4.79 Å². The smallest absolute Gasteiger partial charge is 0.306 e. The molecule has 2 aromatic rings. The summed E-state index contributed by atoms with van der Waals surface area (Å²) in [4.78, 5) is 26.7. The highest BCUT2D eigenvalue weighted by Crippen LogP contribution is 2.41. The molecule has 5 rings (SSSR count). The minimum atomic E-state index is -0.741. The maximum absolute atomic E-state index is 13.3. The topological polar surface area (TPSA) is 66.8 Å². The first kappa shape index (κ1) is 21.6. The second-order valence-electron chi connectivity index (χ2n) is 9.92. The maximum atomic E-state index is 13.3. The third kappa shape index (κ3) is 3.96. The van der Waals surface area contributed by atoms with Crippen LogP contribution < -0.4 is 4.74 Å². The molecule has 0 spiro atoms. The molecule has 2 bridgehead atoms. The van der Waals surface area contributed by atoms with Gasteiger partial charge < -0.3 is 14.7 Å². The van der Waals surface area contributed by atoms with Gasteiger partial charge in [-0.3, -0.25) is 9.59 Å². The highest BCUT2D eigenvalue weighted by Gasteiger charge is 2.45. The van der Waals surface area contributed by atoms with Gasteiger partial charge in [-0.05, 0) is 80.9 Å². The van der Waals surface area contributed by atoms with Crippen molar-refractivity contribution in [3.05, 3.63) is 40.9 Å². The van der Waals surface area contributed by atoms with Gasteiger partial charge in [-0.25, -0.2) is 0 Å². The van der Waals surface area contributed by atoms with Crippen LogP contribution in [-0.4, -0.2) is 40.1 Å². The third-order valence-electron chi connectivity index (χ3n) is 7.74. The van der Waals surface area contributed by atoms with Crippen LogP contribution in [0.4, 0.5) is 0 Å². The quantitative estimate of drug-likeness (QED) is 0.621. The highest BCUT2D eigenvalue weighted by molar-refractivity contribution is 6.37. The summed E-state index contributed by atoms with van der Waals surface area (Å²) in [6.07, 6.45) is 7.59. The number of halogens is 1. The van der Waals surface area contributed by atoms with Crippen molar-refractivity contribution in [1.82, 2.24) is 4.90 Å². The molecule has 3 fully saturated rings. The number of hydrogen-bond donors (Lipinski definition) is 1. The number of carboxylic acid groups (broad SMARTS) is 1. The minimum Gasteiger partial charge on any atom is -0.489 e. The average molecular weight is 456 g/mol. The molecule has 0 radical (unpaired) electrons. The first-order chi connectivity index (χ1) is 15.4. The molecule has 2 atom stereocenters. The van der Waals surface area contributed by atoms with Gasteiger partial charge in [0.05, 0.1) is 17.0 Å². The fourth-order valence-electron chi connectivity index (χ4n) is 5.88. The zero-order valence-corrected chi connectivity index (χ0v) is 19.2. The van der Waals surface area contributed by atoms with Gasteiger partial charge in [-0.2, -0.15) is 0 Å². The van der Waals surface area contributed by atoms with Crippen molar-refractivity contribution < 1.29 is 19.4 Å². The molecule has 2 aromatic carbocycles. The number of fused-ring (bicyclic) bond motifs is 3. The van der Waals surface area contributed by atoms with Gasteiger partial charge in [0.1, 0.15) is 5.75 Å². The lowest BCUT2D eigenvalue weighted by atomic mass is 9.89. The molecule has 170 valence electrons. The Hall–Kier alpha value is -2.27. The zero-order chi connectivity index (χ0) is 22.4. The number of aliphatic carboxylic acids is 1. The van der Waals surface area contributed by atoms with Crippen molar-refractivity contribution in [2.75, 3.05) is 0 Å². The number of carbonyl (C=O) groups is 2. The molecule has 2 saturated heterocycles. The van der Waals surface area contributed by atoms with Crippen LogP contribution in [0.5, 0.6) is 5.75 Å². The summed E-state index contributed by atoms with van der Waals surface area (Å²) in [6, 6.07) is 9.59. The van der Waals surface area contributed by atoms with Crippen LogP contribution in [0.3, 0.4) is 0 Å². The third-order valence-corrected chi connectivity index (χ3v) is 8.13. The van der Waals surface area contributed by atoms with Crippen molar-refractivity contribution in [2.24, 2.45) is 11.8 Å². The van der Waals surface area contributed by atoms with Crippen molar-refractivity contribution >= 4 is 34.2 Å². The Kier molecular flexibility index (Phi) is 5.79. The number of amides is 1. The van der Waals surface area contributed by atoms with Crippen LogP contribution in [0.2, 0.25) is 5.02 Å². The van der Waals surface area contributed by atoms with E-state index in [2.05, 4.69) is 6.92 Å². The largest absolute Gasteiger partial charge is 0.489 e. The van der Waals surface area contributed by atoms with E-state index in [1.54, 1.807) is 0 Å². The van der Waals surface area contributed by atoms with E-state index in [0.717, 1.165) is 42.4 Å². The molecule has 2 unspecified atom stereocenters. The van der Waals surface area contributed by atoms with E-state index in [4.69, 9.17) is 16.3 Å². The van der Waals surface area contributed by atoms with Crippen molar-refractivity contribution in [3.8, 4) is 5.75 Å². The molecule has 1 amide bonds. The number of nitrogens with zero attached hydrogens (tertiary/aromatic N) is 1. The Morgan fingerprint density at radius 3 is 2.34 bits per heavy atom. The second-order valence-corrected chi connectivity index (χ2v) is 10.3. The molecule has 1 aliphatic carbocycles. The fraction of sp³-hybridized carbons (Fsp3) is 0.538. The summed E-state index contributed by atoms with van der Waals surface area (Å²) < 4.78 is 6.23. The monoisotopic (exact) mass is 455 g/mol. The van der Waals surface area contributed by atoms with Crippen molar-refractivity contribution in [2.45, 2.75) is 76.5 Å². The predicted octanol–water partition coefficient (Wildman–Crippen LogP) is 5.92. The van der Waals surface area contributed by atoms with Crippen LogP contribution in [0.15, 0.2) is 30.3 Å². The Morgan fingerprint density at radius 1 is 1.00 bits per heavy atom. The molecular formula is C26H30ClNO4. The maximum Gasteiger partial charge on any atom is 0.306 e. The van der Waals surface area contributed by atoms with E-state index < -0.39 is 5.97 Å². The number of benzene rings is 2. The Bertz CT molecular complexity index is 1030. The highest BCUT2D eigenvalue weighted by atomic mass is 35.5. The second kappa shape index (κ2) is 8.58. The molecule has 32 heavy (non-hydrogen) atoms. The van der Waals surface area contributed by atoms with Crippen molar-refractivity contribution in [1.29, 1.82) is 0 Å². The molecule has 1 saturated carbocycles. The lowest BCUT2D eigenvalue weighted by molar-refractivity contribution is -0.144. The summed E-state index contributed by atoms with van der Waals surface area (Å²) in [6.45, 7) is 2.29. The van der Waals surface area contributed by atoms with Crippen LogP contribution >= 0.6 is 11.6 Å². The number of carbonyl (C=O) groups excluding carboxylic acids is 1. The van der Waals surface area contributed by atoms with E-state index in [0.29, 0.717) is 29.2 Å². The number of ether oxygens (including phenoxy) is 1. The summed E-state index contributed by atoms with van der Waals surface area (Å²) >= 11 is 6.70. The van der Waals surface area contributed by atoms with Crippen LogP contribution in [0.1, 0.15) is 68.6 Å². The lowest BCUT2D eigenvalue weighted by Crippen LogP contribution is -2.47. The SMILES string of the molecule is CC1CCC(Oc2ccc3cc(C(=O)N4C5CCC4CC(C(=O)O)C5)ccc3c2Cl)CC1. The zero-order valence-electron chi connectivity index (χ0n) is 18.4. The van der Waals surface area contributed by atoms with E-state index in [1.807, 2.05) is 35.2 Å². The van der Waals surface area contributed by atoms with Gasteiger partial charge in [-0.15, -0.1) is 0 Å². The molecule has 2 aliphatic heterocycles. The summed E-state index contributed by atoms with van der Waals surface area (Å²) in [5.74, 6) is 0.401. The van der Waals surface area contributed by atoms with Gasteiger partial charge in [-0.1, -0.05) is 30.7 Å². The summed E-state index contributed by atoms with van der Waals surface area (Å²) in [7, 11) is 0. The summed E-state index contributed by atoms with van der Waals surface area (Å²) in [5, 5.41) is 11.8. The van der Waals surface area contributed by atoms with Gasteiger partial charge in [0.15, 0.2) is 0 Å². The molecular weight excluding hydrogens is 426 g/mol. The Morgan fingerprint density at radius 2 is 1.69 bits per heavy atom. The molecule has 0 aromatic heterocycles. The first-order valence-electron chi connectivity index (χ1n) is 11.8. The summed E-state index contributed by atoms with van der Waals surface area (Å²) in [5.41, 5.74) is 0.633. The minimum absolute atomic E-state index is 0.00369. The molecule has 5 nitrogen and oxygen atoms in total. The van der Waals surface area contributed by atoms with Gasteiger partial charge in [0.2, 0.25) is 0 Å². The van der Waals surface area contributed by atoms with Crippen molar-refractivity contribution in [3.63, 3.8) is 0 Å². The average Bonchev–Trinajstić information content (AvgIpc) is 3.05. The van der Waals surface area contributed by atoms with Crippen LogP contribution in [0, 0.1) is 11.8 Å².